The molecule has 4 rings (SSSR count). The molecule has 0 heteroatoms. The van der Waals surface area contributed by atoms with Crippen LogP contribution in [-0.4, -0.2) is 0 Å². The quantitative estimate of drug-likeness (QED) is 0.0769. The van der Waals surface area contributed by atoms with Crippen molar-refractivity contribution in [3.8, 4) is 0 Å². The Balaban J connectivity index is -0.000000890. The van der Waals surface area contributed by atoms with Crippen LogP contribution in [0.2, 0.25) is 0 Å². The summed E-state index contributed by atoms with van der Waals surface area (Å²) in [5.74, 6) is 12.1. The second kappa shape index (κ2) is 42.1. The Hall–Kier alpha value is 0. The molecular formula is C82H170. The van der Waals surface area contributed by atoms with Gasteiger partial charge in [-0.05, 0) is 230 Å². The molecule has 4 saturated carbocycles. The van der Waals surface area contributed by atoms with Crippen molar-refractivity contribution in [2.24, 2.45) is 121 Å². The summed E-state index contributed by atoms with van der Waals surface area (Å²) >= 11 is 0. The molecule has 82 heavy (non-hydrogen) atoms. The number of hydrogen-bond acceptors (Lipinski definition) is 0. The van der Waals surface area contributed by atoms with E-state index in [4.69, 9.17) is 0 Å². The fourth-order valence-electron chi connectivity index (χ4n) is 17.1. The average Bonchev–Trinajstić information content (AvgIpc) is 3.95. The minimum Gasteiger partial charge on any atom is -0.0654 e. The Morgan fingerprint density at radius 1 is 0.268 bits per heavy atom. The summed E-state index contributed by atoms with van der Waals surface area (Å²) in [6.07, 6.45) is 38.9. The number of rotatable bonds is 27. The third-order valence-electron chi connectivity index (χ3n) is 23.3. The molecule has 0 amide bonds. The van der Waals surface area contributed by atoms with Gasteiger partial charge in [0.05, 0.1) is 0 Å². The molecule has 0 saturated heterocycles. The molecule has 0 aromatic heterocycles. The van der Waals surface area contributed by atoms with Gasteiger partial charge in [-0.15, -0.1) is 0 Å². The zero-order valence-electron chi connectivity index (χ0n) is 64.7. The highest BCUT2D eigenvalue weighted by Gasteiger charge is 2.45. The maximum atomic E-state index is 2.42. The maximum Gasteiger partial charge on any atom is -0.0272 e. The van der Waals surface area contributed by atoms with E-state index in [-0.39, 0.29) is 0 Å². The largest absolute Gasteiger partial charge is 0.0654 e. The molecule has 498 valence electrons. The summed E-state index contributed by atoms with van der Waals surface area (Å²) in [7, 11) is 0. The van der Waals surface area contributed by atoms with Gasteiger partial charge in [0.15, 0.2) is 0 Å². The predicted molar refractivity (Wildman–Crippen MR) is 383 cm³/mol. The Kier molecular flexibility index (Phi) is 44.2. The number of hydrogen-bond donors (Lipinski definition) is 0. The van der Waals surface area contributed by atoms with Gasteiger partial charge in [-0.25, -0.2) is 0 Å². The molecule has 4 aliphatic rings. The Bertz CT molecular complexity index is 1400. The lowest BCUT2D eigenvalue weighted by molar-refractivity contribution is 0.0424. The SMILES string of the molecule is CC(C)CC(C)(C)C(C)C.CC(C)CC1(C(C)C)CC1.CC(C)CC1(C(C)C)CCC1.CC(C)CC1(C(C)C)CCCC1.CC(C)CC1(C(C)C)CCCCC1.CCC(CC)(CC(C)C)C(C)C.CCCC(CCC)(CC(C)C)C(C)C. The van der Waals surface area contributed by atoms with Gasteiger partial charge in [-0.1, -0.05) is 300 Å². The Labute approximate surface area is 526 Å². The van der Waals surface area contributed by atoms with E-state index in [0.717, 1.165) is 93.7 Å². The zero-order chi connectivity index (χ0) is 64.7. The molecule has 0 nitrogen and oxygen atoms in total. The summed E-state index contributed by atoms with van der Waals surface area (Å²) in [5.41, 5.74) is 4.68. The lowest BCUT2D eigenvalue weighted by atomic mass is 9.59. The molecule has 0 unspecified atom stereocenters. The minimum absolute atomic E-state index is 0.522. The molecule has 0 radical (unpaired) electrons. The van der Waals surface area contributed by atoms with Crippen molar-refractivity contribution in [1.82, 2.24) is 0 Å². The van der Waals surface area contributed by atoms with Crippen molar-refractivity contribution in [3.05, 3.63) is 0 Å². The van der Waals surface area contributed by atoms with Gasteiger partial charge in [0.2, 0.25) is 0 Å². The van der Waals surface area contributed by atoms with E-state index in [1.54, 1.807) is 0 Å². The summed E-state index contributed by atoms with van der Waals surface area (Å²) < 4.78 is 0. The van der Waals surface area contributed by atoms with Gasteiger partial charge in [-0.3, -0.25) is 0 Å². The first kappa shape index (κ1) is 86.2. The minimum atomic E-state index is 0.522. The molecule has 0 atom stereocenters. The van der Waals surface area contributed by atoms with E-state index in [9.17, 15) is 0 Å². The van der Waals surface area contributed by atoms with Crippen LogP contribution in [0.15, 0.2) is 0 Å². The van der Waals surface area contributed by atoms with Gasteiger partial charge in [0.1, 0.15) is 0 Å². The molecule has 0 aliphatic heterocycles. The molecule has 0 spiro atoms. The van der Waals surface area contributed by atoms with Crippen molar-refractivity contribution in [2.45, 2.75) is 409 Å². The van der Waals surface area contributed by atoms with Crippen LogP contribution in [0.25, 0.3) is 0 Å². The third-order valence-corrected chi connectivity index (χ3v) is 23.3. The van der Waals surface area contributed by atoms with Gasteiger partial charge in [0, 0.05) is 0 Å². The van der Waals surface area contributed by atoms with Crippen LogP contribution in [0.3, 0.4) is 0 Å². The summed E-state index contributed by atoms with van der Waals surface area (Å²) in [6, 6.07) is 0. The first-order chi connectivity index (χ1) is 37.6. The van der Waals surface area contributed by atoms with E-state index >= 15 is 0 Å². The van der Waals surface area contributed by atoms with Gasteiger partial charge < -0.3 is 0 Å². The van der Waals surface area contributed by atoms with Crippen LogP contribution in [0.5, 0.6) is 0 Å². The molecule has 0 aromatic rings. The van der Waals surface area contributed by atoms with E-state index in [0.29, 0.717) is 27.1 Å². The Morgan fingerprint density at radius 3 is 0.659 bits per heavy atom. The monoisotopic (exact) mass is 1160 g/mol. The highest BCUT2D eigenvalue weighted by atomic mass is 14.5. The topological polar surface area (TPSA) is 0 Å². The average molecular weight is 1160 g/mol. The molecule has 0 aromatic carbocycles. The first-order valence-corrected chi connectivity index (χ1v) is 37.6. The summed E-state index contributed by atoms with van der Waals surface area (Å²) in [5, 5.41) is 0. The van der Waals surface area contributed by atoms with Crippen molar-refractivity contribution in [2.75, 3.05) is 0 Å². The van der Waals surface area contributed by atoms with E-state index < -0.39 is 0 Å². The lowest BCUT2D eigenvalue weighted by Gasteiger charge is -2.47. The highest BCUT2D eigenvalue weighted by Crippen LogP contribution is 2.56. The van der Waals surface area contributed by atoms with Crippen molar-refractivity contribution >= 4 is 0 Å². The maximum absolute atomic E-state index is 2.42. The fraction of sp³-hybridized carbons (Fsp3) is 1.00. The molecule has 0 heterocycles. The van der Waals surface area contributed by atoms with Crippen LogP contribution < -0.4 is 0 Å². The summed E-state index contributed by atoms with van der Waals surface area (Å²) in [6.45, 7) is 80.3. The van der Waals surface area contributed by atoms with Crippen molar-refractivity contribution in [1.29, 1.82) is 0 Å². The zero-order valence-corrected chi connectivity index (χ0v) is 64.7. The van der Waals surface area contributed by atoms with Crippen LogP contribution >= 0.6 is 0 Å². The second-order valence-electron chi connectivity index (χ2n) is 35.8. The highest BCUT2D eigenvalue weighted by molar-refractivity contribution is 4.96. The van der Waals surface area contributed by atoms with Crippen LogP contribution in [0.1, 0.15) is 409 Å². The normalized spacial score (nSPS) is 18.3. The third kappa shape index (κ3) is 33.0. The molecular weight excluding hydrogens is 985 g/mol. The lowest BCUT2D eigenvalue weighted by Crippen LogP contribution is -2.36. The standard InChI is InChI=1S/C14H30.C13H26.C12H24.C12H26.C11H22.C10H20.C10H22/c1-7-9-14(10-8-2,13(5)6)11-12(3)4;1-11(2)10-13(12(3)4)8-6-5-7-9-13;1-10(2)9-12(11(3)4)7-5-6-8-12;1-7-12(8-2,11(5)6)9-10(3)4;1-9(2)8-11(10(3)4)6-5-7-11;1-8(2)7-10(5-6-10)9(3)4;1-8(2)7-10(5,6)9(3)4/h12-13H,7-11H2,1-6H3;11-12H,5-10H2,1-4H3;10-11H,5-9H2,1-4H3;10-11H,7-9H2,1-6H3;9-10H,5-8H2,1-4H3;8-9H,5-7H2,1-4H3;8-9H,7H2,1-6H3. The van der Waals surface area contributed by atoms with E-state index in [2.05, 4.69) is 235 Å². The van der Waals surface area contributed by atoms with Crippen molar-refractivity contribution in [3.63, 3.8) is 0 Å². The van der Waals surface area contributed by atoms with Crippen molar-refractivity contribution < 1.29 is 0 Å². The van der Waals surface area contributed by atoms with Gasteiger partial charge >= 0.3 is 0 Å². The van der Waals surface area contributed by atoms with Crippen LogP contribution in [0.4, 0.5) is 0 Å². The Morgan fingerprint density at radius 2 is 0.512 bits per heavy atom. The predicted octanol–water partition coefficient (Wildman–Crippen LogP) is 29.7. The van der Waals surface area contributed by atoms with E-state index in [1.165, 1.54) is 173 Å². The molecule has 0 bridgehead atoms. The smallest absolute Gasteiger partial charge is 0.0272 e. The fourth-order valence-corrected chi connectivity index (χ4v) is 17.1. The second-order valence-corrected chi connectivity index (χ2v) is 35.8. The molecule has 4 aliphatic carbocycles. The van der Waals surface area contributed by atoms with Crippen LogP contribution in [-0.2, 0) is 0 Å². The first-order valence-electron chi connectivity index (χ1n) is 37.6. The van der Waals surface area contributed by atoms with Gasteiger partial charge in [0.25, 0.3) is 0 Å². The molecule has 0 N–H and O–H groups in total. The molecule has 4 fully saturated rings. The van der Waals surface area contributed by atoms with E-state index in [1.807, 2.05) is 0 Å². The van der Waals surface area contributed by atoms with Gasteiger partial charge in [-0.2, -0.15) is 0 Å². The van der Waals surface area contributed by atoms with Crippen LogP contribution in [0, 0.1) is 121 Å². The summed E-state index contributed by atoms with van der Waals surface area (Å²) in [4.78, 5) is 0.